The molecule has 0 radical (unpaired) electrons. The van der Waals surface area contributed by atoms with Crippen LogP contribution in [0.4, 0.5) is 4.39 Å². The largest absolute Gasteiger partial charge is 0.489 e. The normalized spacial score (nSPS) is 18.2. The molecular weight excluding hydrogens is 541 g/mol. The number of Topliss-reactive ketones (excluding diaryl/α,β-unsaturated/α-hetero) is 2. The van der Waals surface area contributed by atoms with E-state index in [4.69, 9.17) is 4.74 Å². The molecule has 2 aliphatic carbocycles. The Balaban J connectivity index is 1.63. The number of carbonyl (C=O) groups is 3. The van der Waals surface area contributed by atoms with Gasteiger partial charge in [-0.3, -0.25) is 14.4 Å². The molecule has 0 atom stereocenters. The van der Waals surface area contributed by atoms with Crippen LogP contribution in [0.2, 0.25) is 0 Å². The summed E-state index contributed by atoms with van der Waals surface area (Å²) >= 11 is 3.54. The maximum atomic E-state index is 13.7. The number of ketones is 2. The summed E-state index contributed by atoms with van der Waals surface area (Å²) in [6.45, 7) is 0.352. The Morgan fingerprint density at radius 1 is 1.00 bits per heavy atom. The fourth-order valence-corrected chi connectivity index (χ4v) is 6.05. The molecule has 0 saturated carbocycles. The van der Waals surface area contributed by atoms with E-state index in [9.17, 15) is 23.9 Å². The fraction of sp³-hybridized carbons (Fsp3) is 0.345. The summed E-state index contributed by atoms with van der Waals surface area (Å²) in [4.78, 5) is 40.3. The van der Waals surface area contributed by atoms with Crippen LogP contribution in [0, 0.1) is 5.82 Å². The summed E-state index contributed by atoms with van der Waals surface area (Å²) in [6, 6.07) is 11.7. The van der Waals surface area contributed by atoms with Crippen molar-refractivity contribution in [3.05, 3.63) is 86.4 Å². The molecule has 0 spiro atoms. The van der Waals surface area contributed by atoms with E-state index in [0.29, 0.717) is 66.5 Å². The first-order chi connectivity index (χ1) is 17.8. The molecule has 0 aromatic heterocycles. The fourth-order valence-electron chi connectivity index (χ4n) is 5.67. The van der Waals surface area contributed by atoms with Gasteiger partial charge in [0.15, 0.2) is 11.6 Å². The van der Waals surface area contributed by atoms with Gasteiger partial charge in [-0.2, -0.15) is 0 Å². The Kier molecular flexibility index (Phi) is 7.29. The summed E-state index contributed by atoms with van der Waals surface area (Å²) in [7, 11) is 0. The molecule has 1 aliphatic heterocycles. The van der Waals surface area contributed by atoms with E-state index in [1.54, 1.807) is 18.2 Å². The first-order valence-electron chi connectivity index (χ1n) is 12.5. The quantitative estimate of drug-likeness (QED) is 0.438. The van der Waals surface area contributed by atoms with Crippen LogP contribution in [-0.2, 0) is 21.0 Å². The average molecular weight is 568 g/mol. The highest BCUT2D eigenvalue weighted by molar-refractivity contribution is 9.10. The van der Waals surface area contributed by atoms with Crippen molar-refractivity contribution in [1.29, 1.82) is 0 Å². The van der Waals surface area contributed by atoms with Crippen LogP contribution in [0.1, 0.15) is 62.0 Å². The number of carboxylic acids is 1. The predicted octanol–water partition coefficient (Wildman–Crippen LogP) is 6.06. The highest BCUT2D eigenvalue weighted by Gasteiger charge is 2.44. The van der Waals surface area contributed by atoms with Crippen LogP contribution < -0.4 is 4.74 Å². The summed E-state index contributed by atoms with van der Waals surface area (Å²) in [6.07, 6.45) is 3.35. The van der Waals surface area contributed by atoms with E-state index in [1.807, 2.05) is 17.0 Å². The van der Waals surface area contributed by atoms with Crippen molar-refractivity contribution in [2.75, 3.05) is 6.54 Å². The SMILES string of the molecule is O=C(O)CCN1C2=C(C(=O)CCC2)C(c2cc(Br)ccc2OCc2cccc(F)c2)C2=C1CCCC2=O. The molecule has 2 aromatic rings. The van der Waals surface area contributed by atoms with Crippen molar-refractivity contribution < 1.29 is 28.6 Å². The maximum Gasteiger partial charge on any atom is 0.305 e. The second kappa shape index (κ2) is 10.6. The zero-order valence-corrected chi connectivity index (χ0v) is 21.9. The number of halogens is 2. The standard InChI is InChI=1S/C29H27BrFNO5/c30-18-10-11-25(37-16-17-4-1-5-19(31)14-17)20(15-18)27-28-21(6-2-8-23(28)33)32(13-12-26(35)36)22-7-3-9-24(34)29(22)27/h1,4-5,10-11,14-15,27H,2-3,6-9,12-13,16H2,(H,35,36). The van der Waals surface area contributed by atoms with Crippen molar-refractivity contribution >= 4 is 33.5 Å². The molecule has 3 aliphatic rings. The number of hydrogen-bond donors (Lipinski definition) is 1. The van der Waals surface area contributed by atoms with E-state index in [1.165, 1.54) is 12.1 Å². The molecule has 8 heteroatoms. The Morgan fingerprint density at radius 2 is 1.68 bits per heavy atom. The van der Waals surface area contributed by atoms with Gasteiger partial charge in [-0.25, -0.2) is 4.39 Å². The Labute approximate surface area is 222 Å². The van der Waals surface area contributed by atoms with Gasteiger partial charge in [0.05, 0.1) is 6.42 Å². The van der Waals surface area contributed by atoms with Crippen molar-refractivity contribution in [2.24, 2.45) is 0 Å². The minimum absolute atomic E-state index is 0.0208. The number of benzene rings is 2. The van der Waals surface area contributed by atoms with Gasteiger partial charge in [-0.15, -0.1) is 0 Å². The molecule has 5 rings (SSSR count). The van der Waals surface area contributed by atoms with Gasteiger partial charge in [0, 0.05) is 57.9 Å². The number of aliphatic carboxylic acids is 1. The first kappa shape index (κ1) is 25.4. The van der Waals surface area contributed by atoms with Gasteiger partial charge in [0.2, 0.25) is 0 Å². The highest BCUT2D eigenvalue weighted by Crippen LogP contribution is 2.51. The number of carbonyl (C=O) groups excluding carboxylic acids is 2. The van der Waals surface area contributed by atoms with Crippen LogP contribution in [0.15, 0.2) is 69.5 Å². The third-order valence-corrected chi connectivity index (χ3v) is 7.70. The molecule has 1 N–H and O–H groups in total. The lowest BCUT2D eigenvalue weighted by Crippen LogP contribution is -2.40. The van der Waals surface area contributed by atoms with Crippen LogP contribution in [-0.4, -0.2) is 34.1 Å². The van der Waals surface area contributed by atoms with E-state index >= 15 is 0 Å². The molecule has 0 fully saturated rings. The molecule has 0 amide bonds. The first-order valence-corrected chi connectivity index (χ1v) is 13.3. The van der Waals surface area contributed by atoms with E-state index in [0.717, 1.165) is 15.9 Å². The monoisotopic (exact) mass is 567 g/mol. The molecule has 0 bridgehead atoms. The van der Waals surface area contributed by atoms with Crippen LogP contribution in [0.3, 0.4) is 0 Å². The van der Waals surface area contributed by atoms with Gasteiger partial charge in [-0.05, 0) is 61.6 Å². The van der Waals surface area contributed by atoms with Gasteiger partial charge < -0.3 is 14.7 Å². The topological polar surface area (TPSA) is 83.9 Å². The number of hydrogen-bond acceptors (Lipinski definition) is 5. The van der Waals surface area contributed by atoms with E-state index < -0.39 is 11.9 Å². The van der Waals surface area contributed by atoms with Crippen molar-refractivity contribution in [2.45, 2.75) is 57.5 Å². The number of nitrogens with zero attached hydrogens (tertiary/aromatic N) is 1. The van der Waals surface area contributed by atoms with Crippen LogP contribution in [0.25, 0.3) is 0 Å². The minimum Gasteiger partial charge on any atom is -0.489 e. The number of rotatable bonds is 7. The number of allylic oxidation sites excluding steroid dienone is 4. The summed E-state index contributed by atoms with van der Waals surface area (Å²) in [5, 5.41) is 9.37. The average Bonchev–Trinajstić information content (AvgIpc) is 2.86. The molecule has 6 nitrogen and oxygen atoms in total. The second-order valence-electron chi connectivity index (χ2n) is 9.60. The smallest absolute Gasteiger partial charge is 0.305 e. The summed E-state index contributed by atoms with van der Waals surface area (Å²) < 4.78 is 20.7. The molecule has 192 valence electrons. The number of ether oxygens (including phenoxy) is 1. The van der Waals surface area contributed by atoms with Crippen LogP contribution >= 0.6 is 15.9 Å². The van der Waals surface area contributed by atoms with Crippen molar-refractivity contribution in [1.82, 2.24) is 4.90 Å². The lowest BCUT2D eigenvalue weighted by atomic mass is 9.70. The van der Waals surface area contributed by atoms with Crippen LogP contribution in [0.5, 0.6) is 5.75 Å². The lowest BCUT2D eigenvalue weighted by molar-refractivity contribution is -0.137. The molecule has 37 heavy (non-hydrogen) atoms. The minimum atomic E-state index is -0.921. The molecule has 0 unspecified atom stereocenters. The highest BCUT2D eigenvalue weighted by atomic mass is 79.9. The van der Waals surface area contributed by atoms with Gasteiger partial charge in [0.1, 0.15) is 18.2 Å². The Bertz CT molecular complexity index is 1300. The van der Waals surface area contributed by atoms with E-state index in [2.05, 4.69) is 15.9 Å². The van der Waals surface area contributed by atoms with E-state index in [-0.39, 0.29) is 37.0 Å². The zero-order chi connectivity index (χ0) is 26.1. The molecule has 2 aromatic carbocycles. The predicted molar refractivity (Wildman–Crippen MR) is 138 cm³/mol. The van der Waals surface area contributed by atoms with Crippen molar-refractivity contribution in [3.8, 4) is 5.75 Å². The Morgan fingerprint density at radius 3 is 2.30 bits per heavy atom. The molecular formula is C29H27BrFNO5. The van der Waals surface area contributed by atoms with Gasteiger partial charge in [0.25, 0.3) is 0 Å². The molecule has 0 saturated heterocycles. The summed E-state index contributed by atoms with van der Waals surface area (Å²) in [5.74, 6) is -1.38. The van der Waals surface area contributed by atoms with Gasteiger partial charge >= 0.3 is 5.97 Å². The summed E-state index contributed by atoms with van der Waals surface area (Å²) in [5.41, 5.74) is 4.16. The third kappa shape index (κ3) is 5.12. The molecule has 1 heterocycles. The maximum absolute atomic E-state index is 13.7. The second-order valence-corrected chi connectivity index (χ2v) is 10.5. The number of carboxylic acid groups (broad SMARTS) is 1. The van der Waals surface area contributed by atoms with Gasteiger partial charge in [-0.1, -0.05) is 28.1 Å². The van der Waals surface area contributed by atoms with Crippen molar-refractivity contribution in [3.63, 3.8) is 0 Å². The Hall–Kier alpha value is -3.26. The lowest BCUT2D eigenvalue weighted by Gasteiger charge is -2.44. The zero-order valence-electron chi connectivity index (χ0n) is 20.3. The third-order valence-electron chi connectivity index (χ3n) is 7.20.